The van der Waals surface area contributed by atoms with Gasteiger partial charge in [-0.15, -0.1) is 0 Å². The summed E-state index contributed by atoms with van der Waals surface area (Å²) in [4.78, 5) is 14.3. The molecule has 1 unspecified atom stereocenters. The Kier molecular flexibility index (Phi) is 6.71. The summed E-state index contributed by atoms with van der Waals surface area (Å²) in [6, 6.07) is 6.36. The van der Waals surface area contributed by atoms with Gasteiger partial charge < -0.3 is 4.90 Å². The standard InChI is InChI=1S/C16H24FNO/c1-4-13(3)18(5-2)12-6-7-16(19)14-8-10-15(17)11-9-14/h8-11,13H,4-7,12H2,1-3H3. The molecule has 0 bridgehead atoms. The highest BCUT2D eigenvalue weighted by molar-refractivity contribution is 5.95. The van der Waals surface area contributed by atoms with E-state index in [2.05, 4.69) is 25.7 Å². The van der Waals surface area contributed by atoms with Crippen LogP contribution >= 0.6 is 0 Å². The van der Waals surface area contributed by atoms with Crippen LogP contribution in [-0.4, -0.2) is 29.8 Å². The highest BCUT2D eigenvalue weighted by Gasteiger charge is 2.11. The summed E-state index contributed by atoms with van der Waals surface area (Å²) in [7, 11) is 0. The first-order chi connectivity index (χ1) is 9.08. The second kappa shape index (κ2) is 8.05. The highest BCUT2D eigenvalue weighted by atomic mass is 19.1. The Hall–Kier alpha value is -1.22. The topological polar surface area (TPSA) is 20.3 Å². The normalized spacial score (nSPS) is 12.7. The second-order valence-electron chi connectivity index (χ2n) is 4.92. The first-order valence-electron chi connectivity index (χ1n) is 7.11. The second-order valence-corrected chi connectivity index (χ2v) is 4.92. The average Bonchev–Trinajstić information content (AvgIpc) is 2.43. The van der Waals surface area contributed by atoms with Gasteiger partial charge in [-0.05, 0) is 57.1 Å². The van der Waals surface area contributed by atoms with Gasteiger partial charge in [0.1, 0.15) is 5.82 Å². The molecule has 0 aliphatic heterocycles. The van der Waals surface area contributed by atoms with E-state index in [1.807, 2.05) is 0 Å². The lowest BCUT2D eigenvalue weighted by molar-refractivity contribution is 0.0971. The lowest BCUT2D eigenvalue weighted by atomic mass is 10.1. The van der Waals surface area contributed by atoms with Crippen molar-refractivity contribution in [1.29, 1.82) is 0 Å². The Morgan fingerprint density at radius 1 is 1.26 bits per heavy atom. The number of halogens is 1. The van der Waals surface area contributed by atoms with E-state index in [-0.39, 0.29) is 11.6 Å². The van der Waals surface area contributed by atoms with Crippen molar-refractivity contribution in [2.24, 2.45) is 0 Å². The van der Waals surface area contributed by atoms with Gasteiger partial charge >= 0.3 is 0 Å². The summed E-state index contributed by atoms with van der Waals surface area (Å²) in [5.74, 6) is -0.203. The number of rotatable bonds is 8. The average molecular weight is 265 g/mol. The van der Waals surface area contributed by atoms with E-state index >= 15 is 0 Å². The largest absolute Gasteiger partial charge is 0.301 e. The number of benzene rings is 1. The molecule has 0 heterocycles. The monoisotopic (exact) mass is 265 g/mol. The molecule has 1 rings (SSSR count). The van der Waals surface area contributed by atoms with Crippen LogP contribution in [0.15, 0.2) is 24.3 Å². The quantitative estimate of drug-likeness (QED) is 0.664. The van der Waals surface area contributed by atoms with Gasteiger partial charge in [-0.25, -0.2) is 4.39 Å². The van der Waals surface area contributed by atoms with Crippen molar-refractivity contribution >= 4 is 5.78 Å². The van der Waals surface area contributed by atoms with Crippen LogP contribution in [0.4, 0.5) is 4.39 Å². The van der Waals surface area contributed by atoms with Crippen molar-refractivity contribution in [2.75, 3.05) is 13.1 Å². The van der Waals surface area contributed by atoms with Crippen molar-refractivity contribution < 1.29 is 9.18 Å². The van der Waals surface area contributed by atoms with Gasteiger partial charge in [0.2, 0.25) is 0 Å². The van der Waals surface area contributed by atoms with Gasteiger partial charge in [0.25, 0.3) is 0 Å². The number of hydrogen-bond acceptors (Lipinski definition) is 2. The molecule has 1 aromatic rings. The van der Waals surface area contributed by atoms with Crippen LogP contribution < -0.4 is 0 Å². The fraction of sp³-hybridized carbons (Fsp3) is 0.562. The van der Waals surface area contributed by atoms with E-state index in [4.69, 9.17) is 0 Å². The molecular formula is C16H24FNO. The summed E-state index contributed by atoms with van der Waals surface area (Å²) in [6.45, 7) is 8.49. The molecule has 0 N–H and O–H groups in total. The van der Waals surface area contributed by atoms with Crippen LogP contribution in [0.1, 0.15) is 50.4 Å². The first-order valence-corrected chi connectivity index (χ1v) is 7.11. The number of hydrogen-bond donors (Lipinski definition) is 0. The molecule has 0 spiro atoms. The Bertz CT molecular complexity index is 388. The molecule has 0 aliphatic carbocycles. The van der Waals surface area contributed by atoms with E-state index in [1.165, 1.54) is 12.1 Å². The SMILES string of the molecule is CCC(C)N(CC)CCCC(=O)c1ccc(F)cc1. The molecule has 0 radical (unpaired) electrons. The number of carbonyl (C=O) groups is 1. The van der Waals surface area contributed by atoms with Crippen LogP contribution in [0.2, 0.25) is 0 Å². The van der Waals surface area contributed by atoms with Crippen molar-refractivity contribution in [3.05, 3.63) is 35.6 Å². The number of nitrogens with zero attached hydrogens (tertiary/aromatic N) is 1. The highest BCUT2D eigenvalue weighted by Crippen LogP contribution is 2.09. The molecule has 19 heavy (non-hydrogen) atoms. The molecule has 1 aromatic carbocycles. The Labute approximate surface area is 115 Å². The minimum atomic E-state index is -0.300. The maximum absolute atomic E-state index is 12.8. The molecule has 0 saturated heterocycles. The molecule has 1 atom stereocenters. The third-order valence-corrected chi connectivity index (χ3v) is 3.64. The van der Waals surface area contributed by atoms with Gasteiger partial charge in [0, 0.05) is 18.0 Å². The Morgan fingerprint density at radius 3 is 2.42 bits per heavy atom. The van der Waals surface area contributed by atoms with Gasteiger partial charge in [-0.1, -0.05) is 13.8 Å². The minimum absolute atomic E-state index is 0.0974. The van der Waals surface area contributed by atoms with Gasteiger partial charge in [-0.2, -0.15) is 0 Å². The molecule has 3 heteroatoms. The summed E-state index contributed by atoms with van der Waals surface area (Å²) in [5.41, 5.74) is 0.605. The minimum Gasteiger partial charge on any atom is -0.301 e. The van der Waals surface area contributed by atoms with Crippen LogP contribution in [0, 0.1) is 5.82 Å². The fourth-order valence-corrected chi connectivity index (χ4v) is 2.17. The van der Waals surface area contributed by atoms with E-state index in [9.17, 15) is 9.18 Å². The summed E-state index contributed by atoms with van der Waals surface area (Å²) >= 11 is 0. The van der Waals surface area contributed by atoms with Gasteiger partial charge in [0.15, 0.2) is 5.78 Å². The van der Waals surface area contributed by atoms with Crippen LogP contribution in [0.5, 0.6) is 0 Å². The summed E-state index contributed by atoms with van der Waals surface area (Å²) in [6.07, 6.45) is 2.51. The van der Waals surface area contributed by atoms with Crippen molar-refractivity contribution in [3.63, 3.8) is 0 Å². The summed E-state index contributed by atoms with van der Waals surface area (Å²) in [5, 5.41) is 0. The van der Waals surface area contributed by atoms with E-state index in [0.717, 1.165) is 25.9 Å². The van der Waals surface area contributed by atoms with Gasteiger partial charge in [-0.3, -0.25) is 4.79 Å². The van der Waals surface area contributed by atoms with Crippen molar-refractivity contribution in [1.82, 2.24) is 4.90 Å². The number of ketones is 1. The van der Waals surface area contributed by atoms with Gasteiger partial charge in [0.05, 0.1) is 0 Å². The van der Waals surface area contributed by atoms with Crippen LogP contribution in [0.3, 0.4) is 0 Å². The molecule has 0 aliphatic rings. The van der Waals surface area contributed by atoms with Crippen LogP contribution in [0.25, 0.3) is 0 Å². The first kappa shape index (κ1) is 15.8. The zero-order chi connectivity index (χ0) is 14.3. The maximum Gasteiger partial charge on any atom is 0.162 e. The molecule has 0 aromatic heterocycles. The lowest BCUT2D eigenvalue weighted by Crippen LogP contribution is -2.33. The Balaban J connectivity index is 2.40. The summed E-state index contributed by atoms with van der Waals surface area (Å²) < 4.78 is 12.8. The zero-order valence-electron chi connectivity index (χ0n) is 12.2. The zero-order valence-corrected chi connectivity index (χ0v) is 12.2. The predicted molar refractivity (Wildman–Crippen MR) is 77.0 cm³/mol. The molecular weight excluding hydrogens is 241 g/mol. The van der Waals surface area contributed by atoms with E-state index in [1.54, 1.807) is 12.1 Å². The molecule has 0 amide bonds. The van der Waals surface area contributed by atoms with Crippen molar-refractivity contribution in [2.45, 2.75) is 46.1 Å². The van der Waals surface area contributed by atoms with Crippen LogP contribution in [-0.2, 0) is 0 Å². The molecule has 0 saturated carbocycles. The Morgan fingerprint density at radius 2 is 1.89 bits per heavy atom. The lowest BCUT2D eigenvalue weighted by Gasteiger charge is -2.26. The predicted octanol–water partition coefficient (Wildman–Crippen LogP) is 3.91. The fourth-order valence-electron chi connectivity index (χ4n) is 2.17. The molecule has 0 fully saturated rings. The van der Waals surface area contributed by atoms with E-state index in [0.29, 0.717) is 18.0 Å². The third-order valence-electron chi connectivity index (χ3n) is 3.64. The smallest absolute Gasteiger partial charge is 0.162 e. The third kappa shape index (κ3) is 5.11. The van der Waals surface area contributed by atoms with E-state index < -0.39 is 0 Å². The number of carbonyl (C=O) groups excluding carboxylic acids is 1. The molecule has 106 valence electrons. The maximum atomic E-state index is 12.8. The molecule has 2 nitrogen and oxygen atoms in total. The number of Topliss-reactive ketones (excluding diaryl/α,β-unsaturated/α-hetero) is 1. The van der Waals surface area contributed by atoms with Crippen molar-refractivity contribution in [3.8, 4) is 0 Å².